The summed E-state index contributed by atoms with van der Waals surface area (Å²) in [5.74, 6) is -0.174. The maximum atomic E-state index is 12.2. The van der Waals surface area contributed by atoms with Crippen molar-refractivity contribution in [3.63, 3.8) is 0 Å². The zero-order valence-electron chi connectivity index (χ0n) is 12.0. The summed E-state index contributed by atoms with van der Waals surface area (Å²) in [6, 6.07) is 7.93. The van der Waals surface area contributed by atoms with Crippen LogP contribution in [0.1, 0.15) is 24.8 Å². The largest absolute Gasteiger partial charge is 0.347 e. The van der Waals surface area contributed by atoms with E-state index in [1.165, 1.54) is 5.56 Å². The highest BCUT2D eigenvalue weighted by Gasteiger charge is 2.21. The molecule has 0 aliphatic carbocycles. The van der Waals surface area contributed by atoms with E-state index in [-0.39, 0.29) is 30.8 Å². The molecule has 0 radical (unpaired) electrons. The SMILES string of the molecule is Cl.NCCCC(=O)NCC(=O)N1CCCc2ccccc21. The minimum Gasteiger partial charge on any atom is -0.347 e. The van der Waals surface area contributed by atoms with Crippen LogP contribution in [-0.2, 0) is 16.0 Å². The third kappa shape index (κ3) is 4.72. The molecule has 0 saturated heterocycles. The van der Waals surface area contributed by atoms with E-state index in [1.807, 2.05) is 18.2 Å². The first-order valence-corrected chi connectivity index (χ1v) is 7.07. The second-order valence-corrected chi connectivity index (χ2v) is 4.95. The van der Waals surface area contributed by atoms with Crippen molar-refractivity contribution in [1.82, 2.24) is 5.32 Å². The van der Waals surface area contributed by atoms with Gasteiger partial charge in [0.1, 0.15) is 0 Å². The van der Waals surface area contributed by atoms with Gasteiger partial charge < -0.3 is 16.0 Å². The van der Waals surface area contributed by atoms with Crippen LogP contribution in [-0.4, -0.2) is 31.4 Å². The van der Waals surface area contributed by atoms with Gasteiger partial charge in [0.15, 0.2) is 0 Å². The summed E-state index contributed by atoms with van der Waals surface area (Å²) in [6.45, 7) is 1.26. The second-order valence-electron chi connectivity index (χ2n) is 4.95. The van der Waals surface area contributed by atoms with E-state index < -0.39 is 0 Å². The number of rotatable bonds is 5. The van der Waals surface area contributed by atoms with Crippen molar-refractivity contribution >= 4 is 29.9 Å². The first-order valence-electron chi connectivity index (χ1n) is 7.07. The van der Waals surface area contributed by atoms with Gasteiger partial charge in [0, 0.05) is 18.7 Å². The molecule has 2 rings (SSSR count). The zero-order valence-corrected chi connectivity index (χ0v) is 12.8. The molecule has 6 heteroatoms. The lowest BCUT2D eigenvalue weighted by molar-refractivity contribution is -0.125. The summed E-state index contributed by atoms with van der Waals surface area (Å²) in [7, 11) is 0. The van der Waals surface area contributed by atoms with Crippen molar-refractivity contribution < 1.29 is 9.59 Å². The van der Waals surface area contributed by atoms with Gasteiger partial charge in [0.25, 0.3) is 0 Å². The molecule has 0 atom stereocenters. The molecule has 1 aromatic rings. The van der Waals surface area contributed by atoms with Gasteiger partial charge in [0.2, 0.25) is 11.8 Å². The fourth-order valence-corrected chi connectivity index (χ4v) is 2.41. The van der Waals surface area contributed by atoms with E-state index in [0.717, 1.165) is 18.5 Å². The monoisotopic (exact) mass is 311 g/mol. The minimum absolute atomic E-state index is 0. The molecule has 1 aliphatic rings. The average molecular weight is 312 g/mol. The van der Waals surface area contributed by atoms with Gasteiger partial charge in [-0.25, -0.2) is 0 Å². The molecule has 0 unspecified atom stereocenters. The van der Waals surface area contributed by atoms with Gasteiger partial charge in [-0.05, 0) is 37.4 Å². The van der Waals surface area contributed by atoms with Gasteiger partial charge in [0.05, 0.1) is 6.54 Å². The van der Waals surface area contributed by atoms with Crippen molar-refractivity contribution in [2.75, 3.05) is 24.5 Å². The summed E-state index contributed by atoms with van der Waals surface area (Å²) in [5, 5.41) is 2.66. The molecule has 0 fully saturated rings. The second kappa shape index (κ2) is 8.64. The highest BCUT2D eigenvalue weighted by Crippen LogP contribution is 2.26. The Morgan fingerprint density at radius 2 is 2.05 bits per heavy atom. The third-order valence-electron chi connectivity index (χ3n) is 3.46. The van der Waals surface area contributed by atoms with Crippen LogP contribution in [0.25, 0.3) is 0 Å². The summed E-state index contributed by atoms with van der Waals surface area (Å²) in [4.78, 5) is 25.5. The quantitative estimate of drug-likeness (QED) is 0.859. The fourth-order valence-electron chi connectivity index (χ4n) is 2.41. The van der Waals surface area contributed by atoms with Crippen LogP contribution in [0, 0.1) is 0 Å². The van der Waals surface area contributed by atoms with Gasteiger partial charge in [-0.3, -0.25) is 9.59 Å². The molecule has 3 N–H and O–H groups in total. The van der Waals surface area contributed by atoms with E-state index in [0.29, 0.717) is 25.9 Å². The van der Waals surface area contributed by atoms with E-state index in [2.05, 4.69) is 11.4 Å². The third-order valence-corrected chi connectivity index (χ3v) is 3.46. The Hall–Kier alpha value is -1.59. The lowest BCUT2D eigenvalue weighted by Crippen LogP contribution is -2.42. The lowest BCUT2D eigenvalue weighted by atomic mass is 10.0. The molecule has 21 heavy (non-hydrogen) atoms. The number of nitrogens with one attached hydrogen (secondary N) is 1. The van der Waals surface area contributed by atoms with Gasteiger partial charge in [-0.15, -0.1) is 12.4 Å². The van der Waals surface area contributed by atoms with Crippen LogP contribution in [0.5, 0.6) is 0 Å². The maximum Gasteiger partial charge on any atom is 0.246 e. The standard InChI is InChI=1S/C15H21N3O2.ClH/c16-9-3-8-14(19)17-11-15(20)18-10-4-6-12-5-1-2-7-13(12)18;/h1-2,5,7H,3-4,6,8-11,16H2,(H,17,19);1H. The van der Waals surface area contributed by atoms with Crippen molar-refractivity contribution in [1.29, 1.82) is 0 Å². The number of halogens is 1. The maximum absolute atomic E-state index is 12.2. The summed E-state index contributed by atoms with van der Waals surface area (Å²) in [6.07, 6.45) is 2.99. The molecular formula is C15H22ClN3O2. The topological polar surface area (TPSA) is 75.4 Å². The molecule has 116 valence electrons. The highest BCUT2D eigenvalue weighted by molar-refractivity contribution is 5.97. The number of carbonyl (C=O) groups is 2. The van der Waals surface area contributed by atoms with E-state index in [9.17, 15) is 9.59 Å². The van der Waals surface area contributed by atoms with Crippen LogP contribution >= 0.6 is 12.4 Å². The Morgan fingerprint density at radius 3 is 2.81 bits per heavy atom. The van der Waals surface area contributed by atoms with Crippen molar-refractivity contribution in [3.8, 4) is 0 Å². The molecule has 1 heterocycles. The molecule has 0 saturated carbocycles. The van der Waals surface area contributed by atoms with Gasteiger partial charge >= 0.3 is 0 Å². The Kier molecular flexibility index (Phi) is 7.19. The molecular weight excluding hydrogens is 290 g/mol. The molecule has 1 aromatic carbocycles. The number of aryl methyl sites for hydroxylation is 1. The average Bonchev–Trinajstić information content (AvgIpc) is 2.50. The van der Waals surface area contributed by atoms with Gasteiger partial charge in [-0.2, -0.15) is 0 Å². The predicted molar refractivity (Wildman–Crippen MR) is 85.7 cm³/mol. The van der Waals surface area contributed by atoms with E-state index >= 15 is 0 Å². The Balaban J connectivity index is 0.00000220. The molecule has 1 aliphatic heterocycles. The smallest absolute Gasteiger partial charge is 0.246 e. The van der Waals surface area contributed by atoms with Crippen molar-refractivity contribution in [2.24, 2.45) is 5.73 Å². The summed E-state index contributed by atoms with van der Waals surface area (Å²) < 4.78 is 0. The molecule has 0 aromatic heterocycles. The number of anilines is 1. The van der Waals surface area contributed by atoms with Crippen molar-refractivity contribution in [2.45, 2.75) is 25.7 Å². The fraction of sp³-hybridized carbons (Fsp3) is 0.467. The highest BCUT2D eigenvalue weighted by atomic mass is 35.5. The van der Waals surface area contributed by atoms with E-state index in [1.54, 1.807) is 4.90 Å². The van der Waals surface area contributed by atoms with Crippen LogP contribution in [0.15, 0.2) is 24.3 Å². The van der Waals surface area contributed by atoms with Crippen LogP contribution in [0.4, 0.5) is 5.69 Å². The lowest BCUT2D eigenvalue weighted by Gasteiger charge is -2.29. The molecule has 0 bridgehead atoms. The predicted octanol–water partition coefficient (Wildman–Crippen LogP) is 1.24. The number of hydrogen-bond donors (Lipinski definition) is 2. The van der Waals surface area contributed by atoms with Gasteiger partial charge in [-0.1, -0.05) is 18.2 Å². The normalized spacial score (nSPS) is 13.1. The summed E-state index contributed by atoms with van der Waals surface area (Å²) in [5.41, 5.74) is 7.52. The van der Waals surface area contributed by atoms with Crippen LogP contribution in [0.3, 0.4) is 0 Å². The van der Waals surface area contributed by atoms with Crippen molar-refractivity contribution in [3.05, 3.63) is 29.8 Å². The Morgan fingerprint density at radius 1 is 1.29 bits per heavy atom. The zero-order chi connectivity index (χ0) is 14.4. The number of benzene rings is 1. The first-order chi connectivity index (χ1) is 9.72. The first kappa shape index (κ1) is 17.5. The number of carbonyl (C=O) groups excluding carboxylic acids is 2. The molecule has 5 nitrogen and oxygen atoms in total. The minimum atomic E-state index is -0.117. The number of nitrogens with zero attached hydrogens (tertiary/aromatic N) is 1. The number of hydrogen-bond acceptors (Lipinski definition) is 3. The Labute approximate surface area is 131 Å². The number of fused-ring (bicyclic) bond motifs is 1. The molecule has 2 amide bonds. The molecule has 0 spiro atoms. The summed E-state index contributed by atoms with van der Waals surface area (Å²) >= 11 is 0. The number of nitrogens with two attached hydrogens (primary N) is 1. The van der Waals surface area contributed by atoms with Crippen LogP contribution < -0.4 is 16.0 Å². The van der Waals surface area contributed by atoms with E-state index in [4.69, 9.17) is 5.73 Å². The van der Waals surface area contributed by atoms with Crippen LogP contribution in [0.2, 0.25) is 0 Å². The Bertz CT molecular complexity index is 494. The number of para-hydroxylation sites is 1. The number of amides is 2.